The summed E-state index contributed by atoms with van der Waals surface area (Å²) in [5.74, 6) is -2.92. The first kappa shape index (κ1) is 55.5. The molecule has 0 saturated heterocycles. The highest BCUT2D eigenvalue weighted by atomic mass is 35.5. The van der Waals surface area contributed by atoms with Crippen LogP contribution in [0, 0.1) is 0 Å². The molecular formula is C50H49Cl5N8O8. The summed E-state index contributed by atoms with van der Waals surface area (Å²) < 4.78 is 11.1. The highest BCUT2D eigenvalue weighted by Gasteiger charge is 2.27. The van der Waals surface area contributed by atoms with Crippen molar-refractivity contribution in [3.05, 3.63) is 129 Å². The van der Waals surface area contributed by atoms with E-state index in [9.17, 15) is 28.8 Å². The maximum atomic E-state index is 13.6. The first-order valence-corrected chi connectivity index (χ1v) is 24.0. The molecule has 0 aliphatic rings. The Morgan fingerprint density at radius 1 is 0.507 bits per heavy atom. The van der Waals surface area contributed by atoms with Gasteiger partial charge in [-0.15, -0.1) is 34.8 Å². The van der Waals surface area contributed by atoms with Gasteiger partial charge in [-0.25, -0.2) is 0 Å². The lowest BCUT2D eigenvalue weighted by Crippen LogP contribution is -2.32. The molecular weight excluding hydrogens is 1020 g/mol. The van der Waals surface area contributed by atoms with Crippen LogP contribution in [-0.4, -0.2) is 60.5 Å². The number of carbonyl (C=O) groups is 6. The average molecular weight is 1070 g/mol. The van der Waals surface area contributed by atoms with E-state index in [0.29, 0.717) is 52.8 Å². The van der Waals surface area contributed by atoms with Crippen LogP contribution in [-0.2, 0) is 19.2 Å². The SMILES string of the molecule is CCOc1ccc(NC(=O)c2cc(Cl)cc(N=NC(C(C)=O)C(=O)Nc3ccc(NC(=O)C(N=Nc4cc(Cl)cc(C(=O)Nc5ccc(OCC)cc5C(C)Cl)c4)C(C)=O)c(C(C)Cl)c3)c2)c(C(C)Cl)c1. The molecule has 5 aromatic carbocycles. The van der Waals surface area contributed by atoms with E-state index in [1.807, 2.05) is 13.8 Å². The van der Waals surface area contributed by atoms with Gasteiger partial charge in [-0.05, 0) is 156 Å². The van der Waals surface area contributed by atoms with Crippen LogP contribution in [0.3, 0.4) is 0 Å². The Bertz CT molecular complexity index is 2890. The number of azo groups is 2. The Balaban J connectivity index is 1.28. The van der Waals surface area contributed by atoms with Gasteiger partial charge in [-0.1, -0.05) is 23.2 Å². The van der Waals surface area contributed by atoms with E-state index in [1.165, 1.54) is 54.6 Å². The van der Waals surface area contributed by atoms with Crippen molar-refractivity contribution in [3.63, 3.8) is 0 Å². The van der Waals surface area contributed by atoms with Crippen LogP contribution in [0.4, 0.5) is 34.1 Å². The molecule has 71 heavy (non-hydrogen) atoms. The minimum atomic E-state index is -1.64. The summed E-state index contributed by atoms with van der Waals surface area (Å²) in [6.07, 6.45) is 0. The number of benzene rings is 5. The normalized spacial score (nSPS) is 13.4. The number of nitrogens with one attached hydrogen (secondary N) is 4. The number of hydrogen-bond acceptors (Lipinski definition) is 12. The van der Waals surface area contributed by atoms with Gasteiger partial charge in [0.1, 0.15) is 11.5 Å². The second kappa shape index (κ2) is 25.6. The van der Waals surface area contributed by atoms with Crippen LogP contribution in [0.2, 0.25) is 10.0 Å². The second-order valence-corrected chi connectivity index (χ2v) is 18.6. The van der Waals surface area contributed by atoms with E-state index in [0.717, 1.165) is 13.8 Å². The first-order chi connectivity index (χ1) is 33.7. The quantitative estimate of drug-likeness (QED) is 0.0314. The highest BCUT2D eigenvalue weighted by molar-refractivity contribution is 6.32. The number of amides is 4. The molecule has 16 nitrogen and oxygen atoms in total. The Labute approximate surface area is 435 Å². The number of nitrogens with zero attached hydrogens (tertiary/aromatic N) is 4. The van der Waals surface area contributed by atoms with Crippen molar-refractivity contribution in [2.45, 2.75) is 76.7 Å². The minimum Gasteiger partial charge on any atom is -0.494 e. The fourth-order valence-corrected chi connectivity index (χ4v) is 7.78. The number of alkyl halides is 3. The van der Waals surface area contributed by atoms with Gasteiger partial charge in [0.15, 0.2) is 11.6 Å². The molecule has 0 radical (unpaired) electrons. The Morgan fingerprint density at radius 2 is 0.887 bits per heavy atom. The summed E-state index contributed by atoms with van der Waals surface area (Å²) >= 11 is 32.0. The number of Topliss-reactive ketones (excluding diaryl/α,β-unsaturated/α-hetero) is 2. The molecule has 5 unspecified atom stereocenters. The third-order valence-corrected chi connectivity index (χ3v) is 11.3. The number of ketones is 2. The molecule has 0 aliphatic heterocycles. The van der Waals surface area contributed by atoms with Crippen molar-refractivity contribution >= 4 is 127 Å². The van der Waals surface area contributed by atoms with E-state index in [1.54, 1.807) is 57.2 Å². The summed E-state index contributed by atoms with van der Waals surface area (Å²) in [7, 11) is 0. The monoisotopic (exact) mass is 1060 g/mol. The number of carbonyl (C=O) groups excluding carboxylic acids is 6. The predicted octanol–water partition coefficient (Wildman–Crippen LogP) is 13.6. The fraction of sp³-hybridized carbons (Fsp3) is 0.280. The number of ether oxygens (including phenoxy) is 2. The largest absolute Gasteiger partial charge is 0.494 e. The lowest BCUT2D eigenvalue weighted by atomic mass is 10.1. The summed E-state index contributed by atoms with van der Waals surface area (Å²) in [6.45, 7) is 12.0. The van der Waals surface area contributed by atoms with E-state index < -0.39 is 63.4 Å². The van der Waals surface area contributed by atoms with Crippen molar-refractivity contribution in [2.24, 2.45) is 20.5 Å². The first-order valence-electron chi connectivity index (χ1n) is 22.0. The molecule has 5 aromatic rings. The van der Waals surface area contributed by atoms with Crippen molar-refractivity contribution in [1.29, 1.82) is 0 Å². The second-order valence-electron chi connectivity index (χ2n) is 15.8. The van der Waals surface area contributed by atoms with Gasteiger partial charge in [0.25, 0.3) is 23.6 Å². The van der Waals surface area contributed by atoms with E-state index in [2.05, 4.69) is 41.7 Å². The lowest BCUT2D eigenvalue weighted by molar-refractivity contribution is -0.127. The van der Waals surface area contributed by atoms with Crippen molar-refractivity contribution in [3.8, 4) is 11.5 Å². The van der Waals surface area contributed by atoms with Gasteiger partial charge in [0.2, 0.25) is 12.1 Å². The molecule has 0 aliphatic carbocycles. The number of hydrogen-bond donors (Lipinski definition) is 4. The maximum absolute atomic E-state index is 13.6. The van der Waals surface area contributed by atoms with Crippen molar-refractivity contribution in [2.75, 3.05) is 34.5 Å². The molecule has 0 fully saturated rings. The molecule has 0 saturated carbocycles. The van der Waals surface area contributed by atoms with Gasteiger partial charge in [-0.2, -0.15) is 20.5 Å². The molecule has 5 atom stereocenters. The standard InChI is InChI=1S/C50H49Cl5N8O8/c1-8-70-37-11-14-43(40(23-37)26(4)52)57-47(66)30-16-32(54)20-35(18-30)60-62-45(28(6)64)49(68)56-34-10-13-42(39(22-34)25(3)51)59-50(69)46(29(7)65)63-61-36-19-31(17-33(55)21-36)48(67)58-44-15-12-38(71-9-2)24-41(44)27(5)53/h10-27,45-46H,8-9H2,1-7H3,(H,56,68)(H,57,66)(H,58,67)(H,59,69). The van der Waals surface area contributed by atoms with Crippen molar-refractivity contribution < 1.29 is 38.2 Å². The molecule has 0 aromatic heterocycles. The van der Waals surface area contributed by atoms with Crippen LogP contribution in [0.1, 0.15) is 102 Å². The number of anilines is 4. The van der Waals surface area contributed by atoms with Crippen LogP contribution < -0.4 is 30.7 Å². The molecule has 21 heteroatoms. The molecule has 4 amide bonds. The van der Waals surface area contributed by atoms with Gasteiger partial charge >= 0.3 is 0 Å². The molecule has 4 N–H and O–H groups in total. The molecule has 5 rings (SSSR count). The van der Waals surface area contributed by atoms with Crippen molar-refractivity contribution in [1.82, 2.24) is 0 Å². The Morgan fingerprint density at radius 3 is 1.28 bits per heavy atom. The molecule has 0 spiro atoms. The molecule has 372 valence electrons. The summed E-state index contributed by atoms with van der Waals surface area (Å²) in [5.41, 5.74) is 3.22. The minimum absolute atomic E-state index is 0.0786. The number of halogens is 5. The van der Waals surface area contributed by atoms with Gasteiger partial charge in [-0.3, -0.25) is 28.8 Å². The number of rotatable bonds is 21. The predicted molar refractivity (Wildman–Crippen MR) is 279 cm³/mol. The summed E-state index contributed by atoms with van der Waals surface area (Å²) in [5, 5.41) is 25.7. The molecule has 0 bridgehead atoms. The van der Waals surface area contributed by atoms with Gasteiger partial charge in [0.05, 0.1) is 40.7 Å². The smallest absolute Gasteiger partial charge is 0.258 e. The zero-order valence-electron chi connectivity index (χ0n) is 39.4. The van der Waals surface area contributed by atoms with Gasteiger partial charge < -0.3 is 30.7 Å². The average Bonchev–Trinajstić information content (AvgIpc) is 3.30. The van der Waals surface area contributed by atoms with Crippen LogP contribution >= 0.6 is 58.0 Å². The van der Waals surface area contributed by atoms with Crippen LogP contribution in [0.5, 0.6) is 11.5 Å². The Kier molecular flexibility index (Phi) is 20.0. The fourth-order valence-electron chi connectivity index (χ4n) is 6.78. The van der Waals surface area contributed by atoms with Gasteiger partial charge in [0, 0.05) is 43.9 Å². The van der Waals surface area contributed by atoms with E-state index >= 15 is 0 Å². The summed E-state index contributed by atoms with van der Waals surface area (Å²) in [6, 6.07) is 19.7. The van der Waals surface area contributed by atoms with E-state index in [4.69, 9.17) is 67.5 Å². The third kappa shape index (κ3) is 15.5. The Hall–Kier alpha value is -6.43. The zero-order chi connectivity index (χ0) is 52.1. The lowest BCUT2D eigenvalue weighted by Gasteiger charge is -2.17. The maximum Gasteiger partial charge on any atom is 0.258 e. The third-order valence-electron chi connectivity index (χ3n) is 10.2. The van der Waals surface area contributed by atoms with Crippen LogP contribution in [0.25, 0.3) is 0 Å². The van der Waals surface area contributed by atoms with Crippen LogP contribution in [0.15, 0.2) is 111 Å². The summed E-state index contributed by atoms with van der Waals surface area (Å²) in [4.78, 5) is 79.3. The highest BCUT2D eigenvalue weighted by Crippen LogP contribution is 2.35. The molecule has 0 heterocycles. The zero-order valence-corrected chi connectivity index (χ0v) is 43.2. The van der Waals surface area contributed by atoms with E-state index in [-0.39, 0.29) is 43.9 Å². The topological polar surface area (TPSA) is 218 Å².